The van der Waals surface area contributed by atoms with Crippen LogP contribution in [0.4, 0.5) is 0 Å². The second-order valence-corrected chi connectivity index (χ2v) is 6.70. The third-order valence-corrected chi connectivity index (χ3v) is 4.90. The molecule has 0 saturated heterocycles. The van der Waals surface area contributed by atoms with Gasteiger partial charge in [0.25, 0.3) is 0 Å². The highest BCUT2D eigenvalue weighted by atomic mass is 32.1. The van der Waals surface area contributed by atoms with Crippen molar-refractivity contribution >= 4 is 28.6 Å². The summed E-state index contributed by atoms with van der Waals surface area (Å²) in [7, 11) is 0. The van der Waals surface area contributed by atoms with Crippen molar-refractivity contribution < 1.29 is 9.90 Å². The highest BCUT2D eigenvalue weighted by molar-refractivity contribution is 7.20. The number of aromatic nitrogens is 1. The lowest BCUT2D eigenvalue weighted by Crippen LogP contribution is -2.41. The van der Waals surface area contributed by atoms with Crippen LogP contribution >= 0.6 is 22.7 Å². The molecule has 0 aliphatic carbocycles. The average molecular weight is 310 g/mol. The van der Waals surface area contributed by atoms with Crippen LogP contribution in [-0.2, 0) is 11.2 Å². The number of aliphatic hydroxyl groups is 1. The standard InChI is InChI=1S/C14H18N2O2S2/c1-9(2)11(7-17)16-13(18)6-10-8-20-14(15-10)12-4-3-5-19-12/h3-5,8-9,11,17H,6-7H2,1-2H3,(H,16,18). The Balaban J connectivity index is 1.95. The van der Waals surface area contributed by atoms with Crippen molar-refractivity contribution in [3.63, 3.8) is 0 Å². The van der Waals surface area contributed by atoms with Crippen molar-refractivity contribution in [1.82, 2.24) is 10.3 Å². The predicted molar refractivity (Wildman–Crippen MR) is 83.0 cm³/mol. The Morgan fingerprint density at radius 2 is 2.25 bits per heavy atom. The van der Waals surface area contributed by atoms with Crippen LogP contribution in [0.15, 0.2) is 22.9 Å². The Bertz CT molecular complexity index is 549. The zero-order valence-corrected chi connectivity index (χ0v) is 13.1. The molecule has 1 atom stereocenters. The maximum Gasteiger partial charge on any atom is 0.226 e. The molecule has 0 fully saturated rings. The molecule has 0 aromatic carbocycles. The number of amides is 1. The fourth-order valence-corrected chi connectivity index (χ4v) is 3.38. The van der Waals surface area contributed by atoms with E-state index in [4.69, 9.17) is 0 Å². The molecule has 2 N–H and O–H groups in total. The van der Waals surface area contributed by atoms with Crippen LogP contribution in [0.2, 0.25) is 0 Å². The second kappa shape index (κ2) is 6.97. The monoisotopic (exact) mass is 310 g/mol. The van der Waals surface area contributed by atoms with Crippen LogP contribution in [0.25, 0.3) is 9.88 Å². The molecule has 6 heteroatoms. The first-order valence-electron chi connectivity index (χ1n) is 6.48. The second-order valence-electron chi connectivity index (χ2n) is 4.90. The summed E-state index contributed by atoms with van der Waals surface area (Å²) in [5.41, 5.74) is 0.774. The van der Waals surface area contributed by atoms with Crippen LogP contribution < -0.4 is 5.32 Å². The molecule has 0 radical (unpaired) electrons. The van der Waals surface area contributed by atoms with Crippen molar-refractivity contribution in [2.45, 2.75) is 26.3 Å². The summed E-state index contributed by atoms with van der Waals surface area (Å²) >= 11 is 3.19. The van der Waals surface area contributed by atoms with Crippen LogP contribution in [0.3, 0.4) is 0 Å². The smallest absolute Gasteiger partial charge is 0.226 e. The van der Waals surface area contributed by atoms with E-state index in [2.05, 4.69) is 10.3 Å². The number of thiazole rings is 1. The third kappa shape index (κ3) is 3.88. The summed E-state index contributed by atoms with van der Waals surface area (Å²) in [5, 5.41) is 16.9. The van der Waals surface area contributed by atoms with E-state index in [1.807, 2.05) is 36.7 Å². The highest BCUT2D eigenvalue weighted by Crippen LogP contribution is 2.27. The summed E-state index contributed by atoms with van der Waals surface area (Å²) in [6, 6.07) is 3.81. The van der Waals surface area contributed by atoms with Gasteiger partial charge in [0.1, 0.15) is 5.01 Å². The molecule has 4 nitrogen and oxygen atoms in total. The van der Waals surface area contributed by atoms with Gasteiger partial charge in [-0.1, -0.05) is 19.9 Å². The highest BCUT2D eigenvalue weighted by Gasteiger charge is 2.16. The lowest BCUT2D eigenvalue weighted by molar-refractivity contribution is -0.121. The Morgan fingerprint density at radius 1 is 1.45 bits per heavy atom. The van der Waals surface area contributed by atoms with Gasteiger partial charge in [0.2, 0.25) is 5.91 Å². The van der Waals surface area contributed by atoms with E-state index in [0.29, 0.717) is 0 Å². The molecule has 2 aromatic rings. The normalized spacial score (nSPS) is 12.6. The maximum absolute atomic E-state index is 11.9. The molecule has 1 unspecified atom stereocenters. The van der Waals surface area contributed by atoms with E-state index in [-0.39, 0.29) is 30.9 Å². The minimum absolute atomic E-state index is 0.0408. The van der Waals surface area contributed by atoms with Crippen molar-refractivity contribution in [1.29, 1.82) is 0 Å². The molecule has 20 heavy (non-hydrogen) atoms. The molecule has 108 valence electrons. The topological polar surface area (TPSA) is 62.2 Å². The molecule has 2 aromatic heterocycles. The fourth-order valence-electron chi connectivity index (χ4n) is 1.75. The molecular weight excluding hydrogens is 292 g/mol. The van der Waals surface area contributed by atoms with Gasteiger partial charge >= 0.3 is 0 Å². The number of nitrogens with one attached hydrogen (secondary N) is 1. The summed E-state index contributed by atoms with van der Waals surface area (Å²) in [4.78, 5) is 17.5. The zero-order chi connectivity index (χ0) is 14.5. The number of hydrogen-bond donors (Lipinski definition) is 2. The SMILES string of the molecule is CC(C)C(CO)NC(=O)Cc1csc(-c2cccs2)n1. The van der Waals surface area contributed by atoms with Crippen LogP contribution in [0.5, 0.6) is 0 Å². The largest absolute Gasteiger partial charge is 0.394 e. The van der Waals surface area contributed by atoms with Gasteiger partial charge in [-0.25, -0.2) is 4.98 Å². The number of carbonyl (C=O) groups excluding carboxylic acids is 1. The Labute approximate surface area is 126 Å². The molecule has 0 spiro atoms. The van der Waals surface area contributed by atoms with E-state index in [0.717, 1.165) is 15.6 Å². The third-order valence-electron chi connectivity index (χ3n) is 2.97. The summed E-state index contributed by atoms with van der Waals surface area (Å²) < 4.78 is 0. The van der Waals surface area contributed by atoms with Crippen LogP contribution in [0.1, 0.15) is 19.5 Å². The van der Waals surface area contributed by atoms with Gasteiger partial charge in [0.15, 0.2) is 0 Å². The molecule has 0 aliphatic heterocycles. The van der Waals surface area contributed by atoms with Crippen molar-refractivity contribution in [2.75, 3.05) is 6.61 Å². The molecular formula is C14H18N2O2S2. The Morgan fingerprint density at radius 3 is 2.85 bits per heavy atom. The minimum Gasteiger partial charge on any atom is -0.394 e. The zero-order valence-electron chi connectivity index (χ0n) is 11.5. The van der Waals surface area contributed by atoms with Crippen molar-refractivity contribution in [2.24, 2.45) is 5.92 Å². The molecule has 0 aliphatic rings. The maximum atomic E-state index is 11.9. The number of aliphatic hydroxyl groups excluding tert-OH is 1. The molecule has 2 rings (SSSR count). The van der Waals surface area contributed by atoms with E-state index in [1.165, 1.54) is 0 Å². The first-order valence-corrected chi connectivity index (χ1v) is 8.24. The lowest BCUT2D eigenvalue weighted by Gasteiger charge is -2.19. The van der Waals surface area contributed by atoms with Crippen LogP contribution in [0, 0.1) is 5.92 Å². The Hall–Kier alpha value is -1.24. The predicted octanol–water partition coefficient (Wildman–Crippen LogP) is 2.55. The lowest BCUT2D eigenvalue weighted by atomic mass is 10.1. The van der Waals surface area contributed by atoms with E-state index >= 15 is 0 Å². The van der Waals surface area contributed by atoms with E-state index in [1.54, 1.807) is 22.7 Å². The molecule has 0 bridgehead atoms. The molecule has 0 saturated carbocycles. The van der Waals surface area contributed by atoms with E-state index in [9.17, 15) is 9.90 Å². The summed E-state index contributed by atoms with van der Waals surface area (Å²) in [6.45, 7) is 3.90. The average Bonchev–Trinajstić information content (AvgIpc) is 3.05. The minimum atomic E-state index is -0.196. The summed E-state index contributed by atoms with van der Waals surface area (Å²) in [6.07, 6.45) is 0.255. The quantitative estimate of drug-likeness (QED) is 0.862. The molecule has 1 amide bonds. The van der Waals surface area contributed by atoms with Gasteiger partial charge in [-0.3, -0.25) is 4.79 Å². The van der Waals surface area contributed by atoms with Gasteiger partial charge in [0, 0.05) is 5.38 Å². The first-order chi connectivity index (χ1) is 9.60. The molecule has 2 heterocycles. The van der Waals surface area contributed by atoms with Gasteiger partial charge in [-0.2, -0.15) is 0 Å². The van der Waals surface area contributed by atoms with Gasteiger partial charge in [0.05, 0.1) is 29.6 Å². The fraction of sp³-hybridized carbons (Fsp3) is 0.429. The Kier molecular flexibility index (Phi) is 5.28. The number of thiophene rings is 1. The van der Waals surface area contributed by atoms with Gasteiger partial charge in [-0.05, 0) is 17.4 Å². The van der Waals surface area contributed by atoms with E-state index < -0.39 is 0 Å². The van der Waals surface area contributed by atoms with Crippen molar-refractivity contribution in [3.05, 3.63) is 28.6 Å². The number of rotatable bonds is 6. The van der Waals surface area contributed by atoms with Crippen molar-refractivity contribution in [3.8, 4) is 9.88 Å². The van der Waals surface area contributed by atoms with Gasteiger partial charge in [-0.15, -0.1) is 22.7 Å². The first kappa shape index (κ1) is 15.2. The number of hydrogen-bond acceptors (Lipinski definition) is 5. The van der Waals surface area contributed by atoms with Crippen LogP contribution in [-0.4, -0.2) is 28.6 Å². The number of carbonyl (C=O) groups is 1. The summed E-state index contributed by atoms with van der Waals surface area (Å²) in [5.74, 6) is 0.113. The number of nitrogens with zero attached hydrogens (tertiary/aromatic N) is 1. The van der Waals surface area contributed by atoms with Gasteiger partial charge < -0.3 is 10.4 Å².